The van der Waals surface area contributed by atoms with Gasteiger partial charge < -0.3 is 20.5 Å². The van der Waals surface area contributed by atoms with Crippen molar-refractivity contribution in [1.82, 2.24) is 5.32 Å². The maximum atomic E-state index is 11.9. The highest BCUT2D eigenvalue weighted by atomic mass is 16.8. The molecule has 3 N–H and O–H groups in total. The second-order valence-electron chi connectivity index (χ2n) is 5.03. The van der Waals surface area contributed by atoms with Crippen molar-refractivity contribution >= 4 is 5.91 Å². The van der Waals surface area contributed by atoms with Gasteiger partial charge in [-0.15, -0.1) is 0 Å². The van der Waals surface area contributed by atoms with E-state index in [1.165, 1.54) is 0 Å². The third kappa shape index (κ3) is 1.73. The van der Waals surface area contributed by atoms with E-state index in [9.17, 15) is 4.79 Å². The summed E-state index contributed by atoms with van der Waals surface area (Å²) in [5.41, 5.74) is 5.24. The van der Waals surface area contributed by atoms with Crippen LogP contribution in [-0.4, -0.2) is 36.0 Å². The van der Waals surface area contributed by atoms with E-state index in [2.05, 4.69) is 5.32 Å². The summed E-state index contributed by atoms with van der Waals surface area (Å²) in [7, 11) is 0. The van der Waals surface area contributed by atoms with E-state index in [0.29, 0.717) is 13.0 Å². The summed E-state index contributed by atoms with van der Waals surface area (Å²) in [4.78, 5) is 11.9. The number of ether oxygens (including phenoxy) is 2. The van der Waals surface area contributed by atoms with Crippen LogP contribution in [0.5, 0.6) is 0 Å². The highest BCUT2D eigenvalue weighted by Gasteiger charge is 2.58. The molecule has 3 unspecified atom stereocenters. The van der Waals surface area contributed by atoms with Crippen molar-refractivity contribution < 1.29 is 14.3 Å². The van der Waals surface area contributed by atoms with E-state index in [-0.39, 0.29) is 18.1 Å². The van der Waals surface area contributed by atoms with Crippen LogP contribution in [0.25, 0.3) is 0 Å². The number of hydrogen-bond acceptors (Lipinski definition) is 4. The molecule has 3 atom stereocenters. The Labute approximate surface area is 95.7 Å². The predicted octanol–water partition coefficient (Wildman–Crippen LogP) is 0.134. The van der Waals surface area contributed by atoms with Gasteiger partial charge in [0.25, 0.3) is 0 Å². The van der Waals surface area contributed by atoms with Crippen molar-refractivity contribution in [2.75, 3.05) is 6.54 Å². The van der Waals surface area contributed by atoms with E-state index >= 15 is 0 Å². The van der Waals surface area contributed by atoms with Gasteiger partial charge in [0.15, 0.2) is 5.79 Å². The Morgan fingerprint density at radius 1 is 1.50 bits per heavy atom. The van der Waals surface area contributed by atoms with E-state index in [1.54, 1.807) is 0 Å². The number of hydrogen-bond donors (Lipinski definition) is 2. The number of nitrogens with two attached hydrogens (primary N) is 1. The van der Waals surface area contributed by atoms with Crippen molar-refractivity contribution in [3.63, 3.8) is 0 Å². The summed E-state index contributed by atoms with van der Waals surface area (Å²) in [6, 6.07) is 0. The number of rotatable bonds is 2. The Balaban J connectivity index is 2.15. The summed E-state index contributed by atoms with van der Waals surface area (Å²) >= 11 is 0. The maximum absolute atomic E-state index is 11.9. The molecule has 1 heterocycles. The molecule has 2 aliphatic rings. The van der Waals surface area contributed by atoms with Gasteiger partial charge in [0.1, 0.15) is 11.6 Å². The van der Waals surface area contributed by atoms with Crippen LogP contribution in [0.1, 0.15) is 33.6 Å². The minimum absolute atomic E-state index is 0.0531. The van der Waals surface area contributed by atoms with Gasteiger partial charge in [-0.1, -0.05) is 0 Å². The normalized spacial score (nSPS) is 40.8. The first-order valence-corrected chi connectivity index (χ1v) is 5.82. The Hall–Kier alpha value is -0.650. The van der Waals surface area contributed by atoms with Crippen molar-refractivity contribution in [1.29, 1.82) is 0 Å². The summed E-state index contributed by atoms with van der Waals surface area (Å²) in [6.07, 6.45) is 1.02. The van der Waals surface area contributed by atoms with Crippen LogP contribution in [0.2, 0.25) is 0 Å². The Morgan fingerprint density at radius 3 is 2.81 bits per heavy atom. The minimum Gasteiger partial charge on any atom is -0.355 e. The minimum atomic E-state index is -0.936. The van der Waals surface area contributed by atoms with Gasteiger partial charge in [0.2, 0.25) is 5.91 Å². The molecule has 0 aromatic rings. The van der Waals surface area contributed by atoms with Gasteiger partial charge >= 0.3 is 0 Å². The lowest BCUT2D eigenvalue weighted by atomic mass is 9.95. The summed E-state index contributed by atoms with van der Waals surface area (Å²) in [5.74, 6) is -0.767. The van der Waals surface area contributed by atoms with Gasteiger partial charge in [-0.3, -0.25) is 4.79 Å². The zero-order valence-corrected chi connectivity index (χ0v) is 10.1. The number of likely N-dealkylation sites (N-methyl/N-ethyl adjacent to an activating group) is 1. The molecule has 1 aliphatic heterocycles. The molecule has 1 aliphatic carbocycles. The lowest BCUT2D eigenvalue weighted by Gasteiger charge is -2.29. The molecule has 0 spiro atoms. The average molecular weight is 228 g/mol. The first-order chi connectivity index (χ1) is 7.39. The Kier molecular flexibility index (Phi) is 2.72. The molecule has 2 rings (SSSR count). The number of nitrogens with one attached hydrogen (secondary N) is 1. The van der Waals surface area contributed by atoms with Crippen molar-refractivity contribution in [3.8, 4) is 0 Å². The summed E-state index contributed by atoms with van der Waals surface area (Å²) in [6.45, 7) is 6.16. The molecule has 1 saturated heterocycles. The van der Waals surface area contributed by atoms with E-state index < -0.39 is 11.3 Å². The lowest BCUT2D eigenvalue weighted by Crippen LogP contribution is -2.60. The van der Waals surface area contributed by atoms with E-state index in [1.807, 2.05) is 20.8 Å². The van der Waals surface area contributed by atoms with Gasteiger partial charge in [0, 0.05) is 6.54 Å². The summed E-state index contributed by atoms with van der Waals surface area (Å²) < 4.78 is 11.5. The zero-order valence-electron chi connectivity index (χ0n) is 10.1. The van der Waals surface area contributed by atoms with Crippen molar-refractivity contribution in [2.24, 2.45) is 5.73 Å². The number of carbonyl (C=O) groups is 1. The molecule has 5 nitrogen and oxygen atoms in total. The second-order valence-corrected chi connectivity index (χ2v) is 5.03. The first kappa shape index (κ1) is 11.8. The molecular weight excluding hydrogens is 208 g/mol. The van der Waals surface area contributed by atoms with E-state index in [0.717, 1.165) is 6.42 Å². The number of amides is 1. The Bertz CT molecular complexity index is 306. The molecule has 92 valence electrons. The molecule has 1 saturated carbocycles. The molecule has 16 heavy (non-hydrogen) atoms. The van der Waals surface area contributed by atoms with Crippen molar-refractivity contribution in [2.45, 2.75) is 57.1 Å². The summed E-state index contributed by atoms with van der Waals surface area (Å²) in [5, 5.41) is 2.77. The fourth-order valence-electron chi connectivity index (χ4n) is 2.57. The Morgan fingerprint density at radius 2 is 2.19 bits per heavy atom. The van der Waals surface area contributed by atoms with Gasteiger partial charge in [-0.25, -0.2) is 0 Å². The smallest absolute Gasteiger partial charge is 0.242 e. The van der Waals surface area contributed by atoms with Crippen molar-refractivity contribution in [3.05, 3.63) is 0 Å². The molecule has 0 aromatic carbocycles. The third-order valence-corrected chi connectivity index (χ3v) is 3.29. The zero-order chi connectivity index (χ0) is 12.0. The molecule has 2 fully saturated rings. The lowest BCUT2D eigenvalue weighted by molar-refractivity contribution is -0.161. The fourth-order valence-corrected chi connectivity index (χ4v) is 2.57. The van der Waals surface area contributed by atoms with Crippen LogP contribution in [-0.2, 0) is 14.3 Å². The topological polar surface area (TPSA) is 73.6 Å². The predicted molar refractivity (Wildman–Crippen MR) is 58.7 cm³/mol. The molecule has 1 amide bonds. The molecule has 0 aromatic heterocycles. The second kappa shape index (κ2) is 3.68. The standard InChI is InChI=1S/C11H20N2O3/c1-4-13-9(14)11(12)6-5-7-8(11)16-10(2,3)15-7/h7-8H,4-6,12H2,1-3H3,(H,13,14). The van der Waals surface area contributed by atoms with Gasteiger partial charge in [0.05, 0.1) is 6.10 Å². The van der Waals surface area contributed by atoms with Crippen LogP contribution in [0.3, 0.4) is 0 Å². The first-order valence-electron chi connectivity index (χ1n) is 5.82. The van der Waals surface area contributed by atoms with Crippen LogP contribution in [0, 0.1) is 0 Å². The SMILES string of the molecule is CCNC(=O)C1(N)CCC2OC(C)(C)OC21. The largest absolute Gasteiger partial charge is 0.355 e. The number of carbonyl (C=O) groups excluding carboxylic acids is 1. The quantitative estimate of drug-likeness (QED) is 0.705. The monoisotopic (exact) mass is 228 g/mol. The van der Waals surface area contributed by atoms with Crippen LogP contribution in [0.15, 0.2) is 0 Å². The molecule has 0 radical (unpaired) electrons. The van der Waals surface area contributed by atoms with Crippen LogP contribution in [0.4, 0.5) is 0 Å². The molecular formula is C11H20N2O3. The molecule has 0 bridgehead atoms. The molecule has 5 heteroatoms. The van der Waals surface area contributed by atoms with Crippen LogP contribution >= 0.6 is 0 Å². The highest BCUT2D eigenvalue weighted by Crippen LogP contribution is 2.42. The maximum Gasteiger partial charge on any atom is 0.242 e. The highest BCUT2D eigenvalue weighted by molar-refractivity contribution is 5.87. The van der Waals surface area contributed by atoms with Gasteiger partial charge in [-0.2, -0.15) is 0 Å². The average Bonchev–Trinajstić information content (AvgIpc) is 2.64. The number of fused-ring (bicyclic) bond motifs is 1. The fraction of sp³-hybridized carbons (Fsp3) is 0.909. The third-order valence-electron chi connectivity index (χ3n) is 3.29. The van der Waals surface area contributed by atoms with E-state index in [4.69, 9.17) is 15.2 Å². The van der Waals surface area contributed by atoms with Crippen LogP contribution < -0.4 is 11.1 Å². The van der Waals surface area contributed by atoms with Gasteiger partial charge in [-0.05, 0) is 33.6 Å².